The van der Waals surface area contributed by atoms with Crippen LogP contribution in [0, 0.1) is 12.3 Å². The molecule has 6 nitrogen and oxygen atoms in total. The molecule has 1 fully saturated rings. The number of amides is 1. The number of hydrazine groups is 1. The van der Waals surface area contributed by atoms with Crippen molar-refractivity contribution >= 4 is 17.6 Å². The normalized spacial score (nSPS) is 18.3. The van der Waals surface area contributed by atoms with Crippen molar-refractivity contribution in [3.8, 4) is 5.75 Å². The van der Waals surface area contributed by atoms with E-state index < -0.39 is 11.7 Å². The number of aryl methyl sites for hydroxylation is 1. The summed E-state index contributed by atoms with van der Waals surface area (Å²) in [5.74, 6) is 0.726. The molecule has 1 aliphatic heterocycles. The van der Waals surface area contributed by atoms with Crippen molar-refractivity contribution in [3.63, 3.8) is 0 Å². The van der Waals surface area contributed by atoms with Crippen LogP contribution in [0.3, 0.4) is 0 Å². The molecule has 4 rings (SSSR count). The van der Waals surface area contributed by atoms with Crippen LogP contribution in [-0.2, 0) is 16.9 Å². The van der Waals surface area contributed by atoms with Crippen LogP contribution in [0.5, 0.6) is 5.75 Å². The number of cyclic esters (lactones) is 1. The summed E-state index contributed by atoms with van der Waals surface area (Å²) >= 11 is 0. The summed E-state index contributed by atoms with van der Waals surface area (Å²) in [6.45, 7) is 4.23. The highest BCUT2D eigenvalue weighted by Gasteiger charge is 2.49. The van der Waals surface area contributed by atoms with E-state index >= 15 is 0 Å². The van der Waals surface area contributed by atoms with E-state index in [2.05, 4.69) is 11.5 Å². The predicted molar refractivity (Wildman–Crippen MR) is 115 cm³/mol. The summed E-state index contributed by atoms with van der Waals surface area (Å²) in [6, 6.07) is 24.7. The smallest absolute Gasteiger partial charge is 0.436 e. The monoisotopic (exact) mass is 401 g/mol. The Morgan fingerprint density at radius 3 is 2.47 bits per heavy atom. The van der Waals surface area contributed by atoms with E-state index in [4.69, 9.17) is 14.9 Å². The first-order valence-corrected chi connectivity index (χ1v) is 9.68. The minimum absolute atomic E-state index is 0.0183. The molecule has 152 valence electrons. The molecule has 1 amide bonds. The van der Waals surface area contributed by atoms with Gasteiger partial charge in [-0.3, -0.25) is 10.8 Å². The maximum atomic E-state index is 12.4. The van der Waals surface area contributed by atoms with Crippen LogP contribution in [-0.4, -0.2) is 16.9 Å². The zero-order valence-corrected chi connectivity index (χ0v) is 16.9. The van der Waals surface area contributed by atoms with Crippen molar-refractivity contribution < 1.29 is 14.3 Å². The second-order valence-electron chi connectivity index (χ2n) is 7.37. The molecule has 0 spiro atoms. The van der Waals surface area contributed by atoms with E-state index in [1.165, 1.54) is 5.56 Å². The van der Waals surface area contributed by atoms with E-state index in [1.54, 1.807) is 6.92 Å². The molecule has 30 heavy (non-hydrogen) atoms. The Morgan fingerprint density at radius 2 is 1.77 bits per heavy atom. The highest BCUT2D eigenvalue weighted by atomic mass is 16.6. The van der Waals surface area contributed by atoms with Gasteiger partial charge in [-0.15, -0.1) is 0 Å². The molecule has 6 heteroatoms. The van der Waals surface area contributed by atoms with Crippen molar-refractivity contribution in [2.75, 3.05) is 5.43 Å². The van der Waals surface area contributed by atoms with Gasteiger partial charge in [-0.2, -0.15) is 5.01 Å². The highest BCUT2D eigenvalue weighted by Crippen LogP contribution is 2.35. The van der Waals surface area contributed by atoms with E-state index in [-0.39, 0.29) is 5.84 Å². The number of para-hydroxylation sites is 1. The summed E-state index contributed by atoms with van der Waals surface area (Å²) in [5.41, 5.74) is 5.42. The van der Waals surface area contributed by atoms with Gasteiger partial charge in [0, 0.05) is 5.56 Å². The van der Waals surface area contributed by atoms with Crippen molar-refractivity contribution in [3.05, 3.63) is 95.6 Å². The number of hydrogen-bond acceptors (Lipinski definition) is 5. The predicted octanol–water partition coefficient (Wildman–Crippen LogP) is 5.25. The number of ether oxygens (including phenoxy) is 2. The van der Waals surface area contributed by atoms with Crippen molar-refractivity contribution in [2.24, 2.45) is 0 Å². The molecular formula is C24H23N3O3. The minimum atomic E-state index is -1.19. The standard InChI is InChI=1S/C24H23N3O3/c1-17-7-6-8-18(15-17)16-29-21-13-11-19(12-14-21)24(2)22(25)27(23(28)30-24)26-20-9-4-3-5-10-20/h3-15,25-26H,16H2,1-2H3. The molecule has 0 radical (unpaired) electrons. The fourth-order valence-corrected chi connectivity index (χ4v) is 3.35. The van der Waals surface area contributed by atoms with Gasteiger partial charge in [0.15, 0.2) is 11.4 Å². The van der Waals surface area contributed by atoms with E-state index in [9.17, 15) is 4.79 Å². The van der Waals surface area contributed by atoms with Crippen LogP contribution >= 0.6 is 0 Å². The number of carbonyl (C=O) groups is 1. The Balaban J connectivity index is 1.46. The molecule has 1 atom stereocenters. The van der Waals surface area contributed by atoms with E-state index in [0.717, 1.165) is 10.6 Å². The third-order valence-electron chi connectivity index (χ3n) is 5.06. The van der Waals surface area contributed by atoms with Gasteiger partial charge < -0.3 is 9.47 Å². The highest BCUT2D eigenvalue weighted by molar-refractivity contribution is 6.05. The quantitative estimate of drug-likeness (QED) is 0.592. The molecule has 0 aromatic heterocycles. The first kappa shape index (κ1) is 19.5. The molecule has 2 N–H and O–H groups in total. The lowest BCUT2D eigenvalue weighted by Crippen LogP contribution is -2.39. The van der Waals surface area contributed by atoms with E-state index in [1.807, 2.05) is 79.7 Å². The molecule has 1 heterocycles. The molecule has 1 saturated heterocycles. The van der Waals surface area contributed by atoms with E-state index in [0.29, 0.717) is 23.6 Å². The molecule has 3 aromatic carbocycles. The lowest BCUT2D eigenvalue weighted by atomic mass is 9.95. The molecular weight excluding hydrogens is 378 g/mol. The number of carbonyl (C=O) groups excluding carboxylic acids is 1. The van der Waals surface area contributed by atoms with Crippen molar-refractivity contribution in [1.29, 1.82) is 5.41 Å². The van der Waals surface area contributed by atoms with Gasteiger partial charge in [0.25, 0.3) is 0 Å². The average Bonchev–Trinajstić information content (AvgIpc) is 2.97. The number of benzene rings is 3. The van der Waals surface area contributed by atoms with Gasteiger partial charge in [0.05, 0.1) is 5.69 Å². The number of nitrogens with one attached hydrogen (secondary N) is 2. The fourth-order valence-electron chi connectivity index (χ4n) is 3.35. The molecule has 0 aliphatic carbocycles. The van der Waals surface area contributed by atoms with Gasteiger partial charge in [-0.25, -0.2) is 4.79 Å². The molecule has 0 bridgehead atoms. The van der Waals surface area contributed by atoms with Crippen LogP contribution in [0.15, 0.2) is 78.9 Å². The number of amidine groups is 1. The fraction of sp³-hybridized carbons (Fsp3) is 0.167. The lowest BCUT2D eigenvalue weighted by Gasteiger charge is -2.23. The summed E-state index contributed by atoms with van der Waals surface area (Å²) in [5, 5.41) is 9.65. The number of nitrogens with zero attached hydrogens (tertiary/aromatic N) is 1. The van der Waals surface area contributed by atoms with Gasteiger partial charge in [-0.05, 0) is 43.7 Å². The van der Waals surface area contributed by atoms with Crippen molar-refractivity contribution in [2.45, 2.75) is 26.1 Å². The Hall–Kier alpha value is -3.80. The topological polar surface area (TPSA) is 74.7 Å². The van der Waals surface area contributed by atoms with Gasteiger partial charge in [0.1, 0.15) is 12.4 Å². The van der Waals surface area contributed by atoms with Crippen LogP contribution in [0.25, 0.3) is 0 Å². The Bertz CT molecular complexity index is 1070. The lowest BCUT2D eigenvalue weighted by molar-refractivity contribution is 0.0892. The number of hydrogen-bond donors (Lipinski definition) is 2. The maximum Gasteiger partial charge on any atom is 0.436 e. The Morgan fingerprint density at radius 1 is 1.03 bits per heavy atom. The molecule has 3 aromatic rings. The Kier molecular flexibility index (Phi) is 5.14. The maximum absolute atomic E-state index is 12.4. The SMILES string of the molecule is Cc1cccc(COc2ccc(C3(C)OC(=O)N(Nc4ccccc4)C3=N)cc2)c1. The summed E-state index contributed by atoms with van der Waals surface area (Å²) in [7, 11) is 0. The zero-order valence-electron chi connectivity index (χ0n) is 16.9. The summed E-state index contributed by atoms with van der Waals surface area (Å²) in [4.78, 5) is 12.4. The largest absolute Gasteiger partial charge is 0.489 e. The zero-order chi connectivity index (χ0) is 21.1. The van der Waals surface area contributed by atoms with Crippen molar-refractivity contribution in [1.82, 2.24) is 5.01 Å². The first-order chi connectivity index (χ1) is 14.5. The first-order valence-electron chi connectivity index (χ1n) is 9.68. The molecule has 1 aliphatic rings. The number of anilines is 1. The Labute approximate surface area is 175 Å². The van der Waals surface area contributed by atoms with Crippen LogP contribution in [0.1, 0.15) is 23.6 Å². The van der Waals surface area contributed by atoms with Crippen LogP contribution in [0.4, 0.5) is 10.5 Å². The van der Waals surface area contributed by atoms with Gasteiger partial charge in [0.2, 0.25) is 0 Å². The third-order valence-corrected chi connectivity index (χ3v) is 5.06. The molecule has 0 saturated carbocycles. The second kappa shape index (κ2) is 7.91. The number of rotatable bonds is 6. The second-order valence-corrected chi connectivity index (χ2v) is 7.37. The third kappa shape index (κ3) is 3.85. The van der Waals surface area contributed by atoms with Gasteiger partial charge >= 0.3 is 6.09 Å². The summed E-state index contributed by atoms with van der Waals surface area (Å²) in [6.07, 6.45) is -0.619. The molecule has 1 unspecified atom stereocenters. The minimum Gasteiger partial charge on any atom is -0.489 e. The average molecular weight is 401 g/mol. The van der Waals surface area contributed by atoms with Crippen LogP contribution < -0.4 is 10.2 Å². The van der Waals surface area contributed by atoms with Crippen LogP contribution in [0.2, 0.25) is 0 Å². The summed E-state index contributed by atoms with van der Waals surface area (Å²) < 4.78 is 11.4. The van der Waals surface area contributed by atoms with Gasteiger partial charge in [-0.1, -0.05) is 60.2 Å².